The van der Waals surface area contributed by atoms with E-state index in [1.807, 2.05) is 13.0 Å². The number of hydrogen-bond acceptors (Lipinski definition) is 5. The van der Waals surface area contributed by atoms with Crippen molar-refractivity contribution in [1.29, 1.82) is 0 Å². The second-order valence-corrected chi connectivity index (χ2v) is 9.86. The normalized spacial score (nSPS) is 16.4. The van der Waals surface area contributed by atoms with Gasteiger partial charge in [-0.2, -0.15) is 4.98 Å². The molecule has 2 aromatic carbocycles. The van der Waals surface area contributed by atoms with Crippen LogP contribution >= 0.6 is 0 Å². The first-order valence-corrected chi connectivity index (χ1v) is 12.9. The van der Waals surface area contributed by atoms with Crippen LogP contribution in [-0.4, -0.2) is 27.6 Å². The number of rotatable bonds is 6. The van der Waals surface area contributed by atoms with Crippen molar-refractivity contribution in [3.8, 4) is 11.1 Å². The average molecular weight is 484 g/mol. The van der Waals surface area contributed by atoms with Gasteiger partial charge in [-0.05, 0) is 92.9 Å². The van der Waals surface area contributed by atoms with Gasteiger partial charge in [-0.3, -0.25) is 9.36 Å². The van der Waals surface area contributed by atoms with E-state index >= 15 is 4.39 Å². The molecule has 2 fully saturated rings. The first kappa shape index (κ1) is 22.9. The standard InChI is InChI=1S/C29H30FN5O/c1-2-35-27-22(15-25(28(35)36)24-10-7-21(16-26(24)30)19-3-4-19)17-32-29(34-27)33-23-8-5-18(6-9-23)20-11-13-31-14-12-20/h5-10,15-17,19-20,31H,2-4,11-14H2,1H3,(H,32,33,34). The van der Waals surface area contributed by atoms with Crippen molar-refractivity contribution in [3.05, 3.63) is 82.0 Å². The summed E-state index contributed by atoms with van der Waals surface area (Å²) in [4.78, 5) is 22.5. The van der Waals surface area contributed by atoms with Gasteiger partial charge in [0.25, 0.3) is 5.56 Å². The van der Waals surface area contributed by atoms with Crippen LogP contribution < -0.4 is 16.2 Å². The molecule has 0 spiro atoms. The van der Waals surface area contributed by atoms with E-state index in [4.69, 9.17) is 0 Å². The Morgan fingerprint density at radius 1 is 0.972 bits per heavy atom. The lowest BCUT2D eigenvalue weighted by atomic mass is 9.90. The Hall–Kier alpha value is -3.58. The number of benzene rings is 2. The number of fused-ring (bicyclic) bond motifs is 1. The molecule has 3 heterocycles. The molecule has 2 aromatic heterocycles. The number of anilines is 2. The first-order valence-electron chi connectivity index (χ1n) is 12.9. The monoisotopic (exact) mass is 483 g/mol. The van der Waals surface area contributed by atoms with E-state index < -0.39 is 0 Å². The van der Waals surface area contributed by atoms with E-state index in [1.165, 1.54) is 5.56 Å². The third kappa shape index (κ3) is 4.39. The molecule has 1 saturated carbocycles. The Morgan fingerprint density at radius 3 is 2.39 bits per heavy atom. The van der Waals surface area contributed by atoms with Gasteiger partial charge < -0.3 is 10.6 Å². The summed E-state index contributed by atoms with van der Waals surface area (Å²) in [6, 6.07) is 15.4. The number of aryl methyl sites for hydroxylation is 1. The molecular formula is C29H30FN5O. The minimum atomic E-state index is -0.356. The van der Waals surface area contributed by atoms with Crippen molar-refractivity contribution in [2.24, 2.45) is 0 Å². The maximum absolute atomic E-state index is 15.0. The van der Waals surface area contributed by atoms with Gasteiger partial charge in [0.2, 0.25) is 5.95 Å². The maximum atomic E-state index is 15.0. The molecule has 184 valence electrons. The van der Waals surface area contributed by atoms with E-state index in [-0.39, 0.29) is 11.4 Å². The molecule has 1 saturated heterocycles. The Balaban J connectivity index is 1.30. The minimum absolute atomic E-state index is 0.251. The Morgan fingerprint density at radius 2 is 1.69 bits per heavy atom. The molecule has 0 amide bonds. The lowest BCUT2D eigenvalue weighted by Gasteiger charge is -2.23. The van der Waals surface area contributed by atoms with Gasteiger partial charge in [-0.25, -0.2) is 9.37 Å². The van der Waals surface area contributed by atoms with Crippen LogP contribution in [0.3, 0.4) is 0 Å². The van der Waals surface area contributed by atoms with E-state index in [9.17, 15) is 4.79 Å². The van der Waals surface area contributed by atoms with Gasteiger partial charge in [0.15, 0.2) is 0 Å². The van der Waals surface area contributed by atoms with Gasteiger partial charge in [0.1, 0.15) is 11.5 Å². The number of aromatic nitrogens is 3. The molecule has 2 aliphatic rings. The van der Waals surface area contributed by atoms with Crippen LogP contribution in [0.5, 0.6) is 0 Å². The van der Waals surface area contributed by atoms with Crippen LogP contribution in [0, 0.1) is 5.82 Å². The fourth-order valence-corrected chi connectivity index (χ4v) is 5.25. The second kappa shape index (κ2) is 9.47. The highest BCUT2D eigenvalue weighted by Gasteiger charge is 2.25. The van der Waals surface area contributed by atoms with E-state index in [1.54, 1.807) is 29.0 Å². The fourth-order valence-electron chi connectivity index (χ4n) is 5.25. The predicted octanol–water partition coefficient (Wildman–Crippen LogP) is 5.71. The summed E-state index contributed by atoms with van der Waals surface area (Å²) in [6.07, 6.45) is 6.22. The Kier molecular flexibility index (Phi) is 6.01. The summed E-state index contributed by atoms with van der Waals surface area (Å²) < 4.78 is 16.6. The molecule has 2 N–H and O–H groups in total. The molecular weight excluding hydrogens is 453 g/mol. The lowest BCUT2D eigenvalue weighted by molar-refractivity contribution is 0.460. The number of hydrogen-bond donors (Lipinski definition) is 2. The lowest BCUT2D eigenvalue weighted by Crippen LogP contribution is -2.26. The van der Waals surface area contributed by atoms with Gasteiger partial charge in [0, 0.05) is 29.4 Å². The van der Waals surface area contributed by atoms with Crippen LogP contribution in [-0.2, 0) is 6.54 Å². The quantitative estimate of drug-likeness (QED) is 0.368. The highest BCUT2D eigenvalue weighted by Crippen LogP contribution is 2.41. The summed E-state index contributed by atoms with van der Waals surface area (Å²) in [6.45, 7) is 4.45. The minimum Gasteiger partial charge on any atom is -0.324 e. The molecule has 1 aliphatic carbocycles. The van der Waals surface area contributed by atoms with E-state index in [0.29, 0.717) is 46.5 Å². The summed E-state index contributed by atoms with van der Waals surface area (Å²) in [5.41, 5.74) is 4.20. The fraction of sp³-hybridized carbons (Fsp3) is 0.345. The van der Waals surface area contributed by atoms with Crippen LogP contribution in [0.4, 0.5) is 16.0 Å². The second-order valence-electron chi connectivity index (χ2n) is 9.86. The number of nitrogens with one attached hydrogen (secondary N) is 2. The summed E-state index contributed by atoms with van der Waals surface area (Å²) >= 11 is 0. The van der Waals surface area contributed by atoms with Gasteiger partial charge in [-0.1, -0.05) is 24.3 Å². The molecule has 1 aliphatic heterocycles. The van der Waals surface area contributed by atoms with Crippen LogP contribution in [0.1, 0.15) is 55.6 Å². The van der Waals surface area contributed by atoms with Crippen molar-refractivity contribution in [2.75, 3.05) is 18.4 Å². The predicted molar refractivity (Wildman–Crippen MR) is 141 cm³/mol. The Bertz CT molecular complexity index is 1470. The summed E-state index contributed by atoms with van der Waals surface area (Å²) in [5, 5.41) is 7.37. The largest absolute Gasteiger partial charge is 0.324 e. The molecule has 36 heavy (non-hydrogen) atoms. The maximum Gasteiger partial charge on any atom is 0.260 e. The number of nitrogens with zero attached hydrogens (tertiary/aromatic N) is 3. The van der Waals surface area contributed by atoms with Crippen molar-refractivity contribution in [3.63, 3.8) is 0 Å². The third-order valence-electron chi connectivity index (χ3n) is 7.45. The zero-order valence-electron chi connectivity index (χ0n) is 20.4. The van der Waals surface area contributed by atoms with Crippen LogP contribution in [0.15, 0.2) is 59.5 Å². The molecule has 0 atom stereocenters. The third-order valence-corrected chi connectivity index (χ3v) is 7.45. The zero-order valence-corrected chi connectivity index (χ0v) is 20.4. The molecule has 4 aromatic rings. The van der Waals surface area contributed by atoms with E-state index in [0.717, 1.165) is 50.0 Å². The number of piperidine rings is 1. The zero-order chi connectivity index (χ0) is 24.6. The molecule has 7 heteroatoms. The van der Waals surface area contributed by atoms with Crippen molar-refractivity contribution < 1.29 is 4.39 Å². The number of pyridine rings is 1. The molecule has 0 radical (unpaired) electrons. The summed E-state index contributed by atoms with van der Waals surface area (Å²) in [7, 11) is 0. The van der Waals surface area contributed by atoms with Crippen molar-refractivity contribution >= 4 is 22.7 Å². The van der Waals surface area contributed by atoms with Crippen molar-refractivity contribution in [2.45, 2.75) is 51.0 Å². The van der Waals surface area contributed by atoms with E-state index in [2.05, 4.69) is 44.9 Å². The Labute approximate surface area is 209 Å². The highest BCUT2D eigenvalue weighted by atomic mass is 19.1. The molecule has 0 bridgehead atoms. The molecule has 6 rings (SSSR count). The summed E-state index contributed by atoms with van der Waals surface area (Å²) in [5.74, 6) is 1.12. The molecule has 6 nitrogen and oxygen atoms in total. The number of halogens is 1. The molecule has 0 unspecified atom stereocenters. The van der Waals surface area contributed by atoms with Crippen molar-refractivity contribution in [1.82, 2.24) is 19.9 Å². The SMILES string of the molecule is CCn1c(=O)c(-c2ccc(C3CC3)cc2F)cc2cnc(Nc3ccc(C4CCNCC4)cc3)nc21. The van der Waals surface area contributed by atoms with Crippen LogP contribution in [0.25, 0.3) is 22.2 Å². The topological polar surface area (TPSA) is 71.8 Å². The highest BCUT2D eigenvalue weighted by molar-refractivity contribution is 5.82. The van der Waals surface area contributed by atoms with Crippen LogP contribution in [0.2, 0.25) is 0 Å². The van der Waals surface area contributed by atoms with Gasteiger partial charge in [-0.15, -0.1) is 0 Å². The first-order chi connectivity index (χ1) is 17.6. The average Bonchev–Trinajstić information content (AvgIpc) is 3.75. The van der Waals surface area contributed by atoms with Gasteiger partial charge in [0.05, 0.1) is 5.56 Å². The van der Waals surface area contributed by atoms with Gasteiger partial charge >= 0.3 is 0 Å². The smallest absolute Gasteiger partial charge is 0.260 e.